The molecule has 19 heteroatoms. The number of alkyl halides is 3. The first-order valence-electron chi connectivity index (χ1n) is 13.2. The Bertz CT molecular complexity index is 1720. The lowest BCUT2D eigenvalue weighted by Gasteiger charge is -2.49. The van der Waals surface area contributed by atoms with Crippen LogP contribution in [0.4, 0.5) is 18.3 Å². The summed E-state index contributed by atoms with van der Waals surface area (Å²) in [7, 11) is 1.53. The smallest absolute Gasteiger partial charge is 0.493 e. The van der Waals surface area contributed by atoms with Gasteiger partial charge < -0.3 is 30.6 Å². The highest BCUT2D eigenvalue weighted by atomic mass is 32.2. The van der Waals surface area contributed by atoms with E-state index >= 15 is 0 Å². The third-order valence-electron chi connectivity index (χ3n) is 6.99. The van der Waals surface area contributed by atoms with E-state index in [2.05, 4.69) is 20.3 Å². The SMILES string of the molecule is COc1cccc(CN2CC/C(=C\C3=C(C(=O)O)N4C(=O)[C@@H](NC(=O)/C(=N\OC(=O)C(F)(F)F)c5csc(N)n5)[C@H]4SC3)C2=O)c1. The predicted octanol–water partition coefficient (Wildman–Crippen LogP) is 1.64. The lowest BCUT2D eigenvalue weighted by Crippen LogP contribution is -2.71. The van der Waals surface area contributed by atoms with Crippen molar-refractivity contribution >= 4 is 63.6 Å². The maximum atomic E-state index is 13.1. The van der Waals surface area contributed by atoms with Gasteiger partial charge in [0.25, 0.3) is 11.8 Å². The molecule has 1 aromatic heterocycles. The number of thiazole rings is 1. The second-order valence-corrected chi connectivity index (χ2v) is 11.9. The summed E-state index contributed by atoms with van der Waals surface area (Å²) in [6.07, 6.45) is -3.59. The number of thioether (sulfide) groups is 1. The number of aliphatic carboxylic acids is 1. The van der Waals surface area contributed by atoms with E-state index < -0.39 is 47.1 Å². The fraction of sp³-hybridized carbons (Fsp3) is 0.296. The number of benzene rings is 1. The standard InChI is InChI=1S/C27H23F3N6O8S2/c1-43-15-4-2-3-12(7-15)9-35-6-5-13(21(35)38)8-14-10-45-23-18(22(39)36(23)19(14)24(40)41)33-20(37)17(16-11-46-26(31)32-16)34-44-25(42)27(28,29)30/h2-4,7-8,11,18,23H,5-6,9-10H2,1H3,(H2,31,32)(H,33,37)(H,40,41)/b13-8+,34-17-/t18-,23-/m1/s1. The minimum Gasteiger partial charge on any atom is -0.497 e. The number of nitrogens with one attached hydrogen (secondary N) is 1. The molecule has 46 heavy (non-hydrogen) atoms. The van der Waals surface area contributed by atoms with Gasteiger partial charge in [-0.15, -0.1) is 23.1 Å². The van der Waals surface area contributed by atoms with E-state index in [0.717, 1.165) is 33.6 Å². The molecule has 0 bridgehead atoms. The number of amides is 3. The lowest BCUT2D eigenvalue weighted by atomic mass is 10.0. The van der Waals surface area contributed by atoms with Crippen molar-refractivity contribution in [1.82, 2.24) is 20.1 Å². The van der Waals surface area contributed by atoms with E-state index in [4.69, 9.17) is 10.5 Å². The molecule has 1 aromatic carbocycles. The van der Waals surface area contributed by atoms with E-state index in [0.29, 0.717) is 30.8 Å². The highest BCUT2D eigenvalue weighted by Crippen LogP contribution is 2.41. The number of nitrogens with two attached hydrogens (primary N) is 1. The number of nitrogen functional groups attached to an aromatic ring is 1. The number of carboxylic acids is 1. The molecule has 14 nitrogen and oxygen atoms in total. The summed E-state index contributed by atoms with van der Waals surface area (Å²) in [5.41, 5.74) is 5.42. The number of halogens is 3. The van der Waals surface area contributed by atoms with Gasteiger partial charge in [0.1, 0.15) is 28.6 Å². The van der Waals surface area contributed by atoms with Crippen LogP contribution in [0.1, 0.15) is 17.7 Å². The number of anilines is 1. The summed E-state index contributed by atoms with van der Waals surface area (Å²) in [6, 6.07) is 5.92. The number of carbonyl (C=O) groups excluding carboxylic acids is 4. The molecule has 2 saturated heterocycles. The number of hydrogen-bond acceptors (Lipinski definition) is 12. The molecule has 2 fully saturated rings. The number of β-lactam (4-membered cyclic amide) rings is 1. The van der Waals surface area contributed by atoms with Crippen molar-refractivity contribution in [3.63, 3.8) is 0 Å². The Morgan fingerprint density at radius 2 is 2.04 bits per heavy atom. The molecule has 5 rings (SSSR count). The Hall–Kier alpha value is -4.91. The van der Waals surface area contributed by atoms with Gasteiger partial charge in [-0.05, 0) is 35.8 Å². The number of methoxy groups -OCH3 is 1. The number of carbonyl (C=O) groups is 5. The highest BCUT2D eigenvalue weighted by molar-refractivity contribution is 8.00. The van der Waals surface area contributed by atoms with E-state index in [1.54, 1.807) is 23.1 Å². The number of oxime groups is 1. The molecule has 4 N–H and O–H groups in total. The summed E-state index contributed by atoms with van der Waals surface area (Å²) < 4.78 is 43.1. The van der Waals surface area contributed by atoms with Crippen LogP contribution in [0.15, 0.2) is 57.7 Å². The van der Waals surface area contributed by atoms with Crippen LogP contribution in [0.5, 0.6) is 5.75 Å². The number of aromatic nitrogens is 1. The minimum absolute atomic E-state index is 0.0574. The molecule has 2 atom stereocenters. The van der Waals surface area contributed by atoms with Crippen LogP contribution in [-0.4, -0.2) is 92.3 Å². The second-order valence-electron chi connectivity index (χ2n) is 9.93. The van der Waals surface area contributed by atoms with Gasteiger partial charge in [0.2, 0.25) is 5.91 Å². The zero-order chi connectivity index (χ0) is 33.3. The molecule has 2 aromatic rings. The van der Waals surface area contributed by atoms with Crippen LogP contribution >= 0.6 is 23.1 Å². The fourth-order valence-electron chi connectivity index (χ4n) is 4.86. The van der Waals surface area contributed by atoms with E-state index in [1.807, 2.05) is 6.07 Å². The van der Waals surface area contributed by atoms with Crippen molar-refractivity contribution in [1.29, 1.82) is 0 Å². The third-order valence-corrected chi connectivity index (χ3v) is 8.96. The topological polar surface area (TPSA) is 194 Å². The van der Waals surface area contributed by atoms with E-state index in [1.165, 1.54) is 18.6 Å². The zero-order valence-electron chi connectivity index (χ0n) is 23.6. The summed E-state index contributed by atoms with van der Waals surface area (Å²) in [6.45, 7) is 0.714. The molecule has 4 heterocycles. The van der Waals surface area contributed by atoms with Crippen LogP contribution in [0.3, 0.4) is 0 Å². The number of carboxylic acid groups (broad SMARTS) is 1. The van der Waals surface area contributed by atoms with Crippen LogP contribution in [-0.2, 0) is 35.4 Å². The average molecular weight is 681 g/mol. The number of hydrogen-bond donors (Lipinski definition) is 3. The molecule has 242 valence electrons. The van der Waals surface area contributed by atoms with Crippen molar-refractivity contribution in [3.05, 3.63) is 63.8 Å². The van der Waals surface area contributed by atoms with Crippen molar-refractivity contribution in [2.24, 2.45) is 5.16 Å². The van der Waals surface area contributed by atoms with Gasteiger partial charge in [-0.2, -0.15) is 13.2 Å². The summed E-state index contributed by atoms with van der Waals surface area (Å²) in [5.74, 6) is -5.78. The van der Waals surface area contributed by atoms with Crippen LogP contribution < -0.4 is 15.8 Å². The first kappa shape index (κ1) is 32.5. The number of nitrogens with zero attached hydrogens (tertiary/aromatic N) is 4. The molecule has 3 aliphatic heterocycles. The maximum absolute atomic E-state index is 13.1. The van der Waals surface area contributed by atoms with Crippen molar-refractivity contribution in [3.8, 4) is 5.75 Å². The van der Waals surface area contributed by atoms with Gasteiger partial charge in [-0.1, -0.05) is 17.3 Å². The molecule has 3 aliphatic rings. The van der Waals surface area contributed by atoms with Crippen molar-refractivity contribution < 1.29 is 51.8 Å². The Kier molecular flexibility index (Phi) is 9.06. The molecule has 0 aliphatic carbocycles. The van der Waals surface area contributed by atoms with Gasteiger partial charge in [0, 0.05) is 29.8 Å². The summed E-state index contributed by atoms with van der Waals surface area (Å²) in [5, 5.41) is 15.5. The quantitative estimate of drug-likeness (QED) is 0.115. The first-order chi connectivity index (χ1) is 21.8. The molecule has 0 unspecified atom stereocenters. The largest absolute Gasteiger partial charge is 0.497 e. The first-order valence-corrected chi connectivity index (χ1v) is 15.1. The number of allylic oxidation sites excluding steroid dienone is 1. The zero-order valence-corrected chi connectivity index (χ0v) is 25.2. The predicted molar refractivity (Wildman–Crippen MR) is 156 cm³/mol. The Balaban J connectivity index is 1.32. The number of likely N-dealkylation sites (tertiary alicyclic amines) is 1. The normalized spacial score (nSPS) is 20.9. The van der Waals surface area contributed by atoms with Gasteiger partial charge in [0.15, 0.2) is 10.8 Å². The molecular weight excluding hydrogens is 657 g/mol. The van der Waals surface area contributed by atoms with Crippen LogP contribution in [0.25, 0.3) is 0 Å². The third kappa shape index (κ3) is 6.54. The van der Waals surface area contributed by atoms with Gasteiger partial charge in [-0.3, -0.25) is 19.3 Å². The Morgan fingerprint density at radius 3 is 2.70 bits per heavy atom. The molecule has 3 amide bonds. The molecule has 0 radical (unpaired) electrons. The van der Waals surface area contributed by atoms with Crippen LogP contribution in [0, 0.1) is 0 Å². The van der Waals surface area contributed by atoms with Gasteiger partial charge >= 0.3 is 18.1 Å². The summed E-state index contributed by atoms with van der Waals surface area (Å²) in [4.78, 5) is 73.0. The number of ether oxygens (including phenoxy) is 1. The number of rotatable bonds is 9. The molecule has 0 saturated carbocycles. The van der Waals surface area contributed by atoms with Crippen molar-refractivity contribution in [2.75, 3.05) is 25.1 Å². The average Bonchev–Trinajstić information content (AvgIpc) is 3.59. The van der Waals surface area contributed by atoms with Gasteiger partial charge in [0.05, 0.1) is 7.11 Å². The fourth-order valence-corrected chi connectivity index (χ4v) is 6.71. The summed E-state index contributed by atoms with van der Waals surface area (Å²) >= 11 is 1.92. The van der Waals surface area contributed by atoms with Gasteiger partial charge in [-0.25, -0.2) is 14.6 Å². The van der Waals surface area contributed by atoms with Crippen LogP contribution in [0.2, 0.25) is 0 Å². The van der Waals surface area contributed by atoms with Crippen molar-refractivity contribution in [2.45, 2.75) is 30.6 Å². The second kappa shape index (κ2) is 12.8. The molecular formula is C27H23F3N6O8S2. The minimum atomic E-state index is -5.40. The Labute approximate surface area is 265 Å². The van der Waals surface area contributed by atoms with E-state index in [9.17, 15) is 42.3 Å². The molecule has 0 spiro atoms. The maximum Gasteiger partial charge on any atom is 0.493 e. The highest BCUT2D eigenvalue weighted by Gasteiger charge is 2.54. The Morgan fingerprint density at radius 1 is 1.28 bits per heavy atom. The monoisotopic (exact) mass is 680 g/mol. The lowest BCUT2D eigenvalue weighted by molar-refractivity contribution is -0.199. The van der Waals surface area contributed by atoms with E-state index in [-0.39, 0.29) is 33.8 Å². The number of fused-ring (bicyclic) bond motifs is 1.